The molecule has 6 heteroatoms. The molecule has 1 aromatic carbocycles. The van der Waals surface area contributed by atoms with Crippen molar-refractivity contribution in [3.63, 3.8) is 0 Å². The van der Waals surface area contributed by atoms with E-state index in [-0.39, 0.29) is 5.57 Å². The van der Waals surface area contributed by atoms with E-state index >= 15 is 0 Å². The molecule has 1 aromatic heterocycles. The van der Waals surface area contributed by atoms with Gasteiger partial charge in [0.25, 0.3) is 0 Å². The first-order valence-electron chi connectivity index (χ1n) is 5.40. The topological polar surface area (TPSA) is 98.5 Å². The van der Waals surface area contributed by atoms with E-state index in [0.717, 1.165) is 11.3 Å². The van der Waals surface area contributed by atoms with Crippen LogP contribution in [0, 0.1) is 29.6 Å². The van der Waals surface area contributed by atoms with Crippen molar-refractivity contribution >= 4 is 5.69 Å². The monoisotopic (exact) mass is 251 g/mol. The Morgan fingerprint density at radius 1 is 1.21 bits per heavy atom. The van der Waals surface area contributed by atoms with Crippen molar-refractivity contribution in [1.82, 2.24) is 10.2 Å². The van der Waals surface area contributed by atoms with Gasteiger partial charge in [0, 0.05) is 24.4 Å². The van der Waals surface area contributed by atoms with Crippen molar-refractivity contribution < 1.29 is 4.42 Å². The molecule has 0 bridgehead atoms. The van der Waals surface area contributed by atoms with Crippen LogP contribution in [0.4, 0.5) is 5.69 Å². The predicted molar refractivity (Wildman–Crippen MR) is 67.4 cm³/mol. The molecule has 0 aliphatic rings. The van der Waals surface area contributed by atoms with Gasteiger partial charge in [-0.3, -0.25) is 0 Å². The van der Waals surface area contributed by atoms with Crippen LogP contribution < -0.4 is 5.32 Å². The molecule has 0 aliphatic heterocycles. The van der Waals surface area contributed by atoms with Gasteiger partial charge in [-0.1, -0.05) is 0 Å². The quantitative estimate of drug-likeness (QED) is 0.841. The summed E-state index contributed by atoms with van der Waals surface area (Å²) in [6, 6.07) is 10.7. The average Bonchev–Trinajstić information content (AvgIpc) is 2.87. The lowest BCUT2D eigenvalue weighted by molar-refractivity contribution is 0.533. The predicted octanol–water partition coefficient (Wildman–Crippen LogP) is 2.39. The minimum absolute atomic E-state index is 0.0107. The van der Waals surface area contributed by atoms with Crippen LogP contribution in [0.5, 0.6) is 0 Å². The molecule has 0 radical (unpaired) electrons. The van der Waals surface area contributed by atoms with E-state index < -0.39 is 0 Å². The maximum atomic E-state index is 8.59. The highest BCUT2D eigenvalue weighted by Gasteiger charge is 2.05. The zero-order chi connectivity index (χ0) is 13.7. The molecule has 0 amide bonds. The summed E-state index contributed by atoms with van der Waals surface area (Å²) in [5.74, 6) is 0.960. The molecule has 0 saturated carbocycles. The number of allylic oxidation sites excluding steroid dienone is 1. The zero-order valence-corrected chi connectivity index (χ0v) is 10.1. The van der Waals surface area contributed by atoms with Crippen molar-refractivity contribution in [3.05, 3.63) is 41.9 Å². The minimum atomic E-state index is 0.0107. The Labute approximate surface area is 109 Å². The molecule has 1 heterocycles. The fourth-order valence-corrected chi connectivity index (χ4v) is 1.37. The van der Waals surface area contributed by atoms with Crippen molar-refractivity contribution in [2.75, 3.05) is 5.32 Å². The molecule has 2 rings (SSSR count). The third-order valence-corrected chi connectivity index (χ3v) is 2.28. The van der Waals surface area contributed by atoms with Gasteiger partial charge in [0.05, 0.1) is 0 Å². The average molecular weight is 251 g/mol. The third kappa shape index (κ3) is 2.96. The SMILES string of the molecule is Cc1nnc(-c2ccc(NC=C(C#N)C#N)cc2)o1. The van der Waals surface area contributed by atoms with Crippen LogP contribution in [0.25, 0.3) is 11.5 Å². The molecule has 0 saturated heterocycles. The van der Waals surface area contributed by atoms with Gasteiger partial charge in [0.1, 0.15) is 17.7 Å². The third-order valence-electron chi connectivity index (χ3n) is 2.28. The fourth-order valence-electron chi connectivity index (χ4n) is 1.37. The molecule has 92 valence electrons. The van der Waals surface area contributed by atoms with Gasteiger partial charge in [-0.2, -0.15) is 10.5 Å². The number of benzene rings is 1. The summed E-state index contributed by atoms with van der Waals surface area (Å²) < 4.78 is 5.30. The lowest BCUT2D eigenvalue weighted by Gasteiger charge is -2.01. The lowest BCUT2D eigenvalue weighted by Crippen LogP contribution is -1.89. The Kier molecular flexibility index (Phi) is 3.56. The van der Waals surface area contributed by atoms with E-state index in [4.69, 9.17) is 14.9 Å². The second-order valence-electron chi connectivity index (χ2n) is 3.63. The summed E-state index contributed by atoms with van der Waals surface area (Å²) in [5, 5.41) is 27.7. The highest BCUT2D eigenvalue weighted by atomic mass is 16.4. The first-order chi connectivity index (χ1) is 9.22. The summed E-state index contributed by atoms with van der Waals surface area (Å²) in [6.07, 6.45) is 1.35. The number of aryl methyl sites for hydroxylation is 1. The Bertz CT molecular complexity index is 669. The molecule has 19 heavy (non-hydrogen) atoms. The van der Waals surface area contributed by atoms with Crippen LogP contribution in [-0.2, 0) is 0 Å². The number of nitrogens with zero attached hydrogens (tertiary/aromatic N) is 4. The minimum Gasteiger partial charge on any atom is -0.421 e. The van der Waals surface area contributed by atoms with Gasteiger partial charge < -0.3 is 9.73 Å². The summed E-state index contributed by atoms with van der Waals surface area (Å²) >= 11 is 0. The van der Waals surface area contributed by atoms with Gasteiger partial charge in [0.2, 0.25) is 11.8 Å². The van der Waals surface area contributed by atoms with Crippen molar-refractivity contribution in [1.29, 1.82) is 10.5 Å². The first kappa shape index (κ1) is 12.3. The maximum absolute atomic E-state index is 8.59. The summed E-state index contributed by atoms with van der Waals surface area (Å²) in [5.41, 5.74) is 1.57. The van der Waals surface area contributed by atoms with E-state index in [1.54, 1.807) is 31.2 Å². The van der Waals surface area contributed by atoms with E-state index in [1.807, 2.05) is 12.1 Å². The van der Waals surface area contributed by atoms with Crippen LogP contribution in [-0.4, -0.2) is 10.2 Å². The molecule has 2 aromatic rings. The second-order valence-corrected chi connectivity index (χ2v) is 3.63. The molecule has 0 atom stereocenters. The van der Waals surface area contributed by atoms with Gasteiger partial charge in [-0.25, -0.2) is 0 Å². The molecule has 0 spiro atoms. The molecule has 0 unspecified atom stereocenters. The largest absolute Gasteiger partial charge is 0.421 e. The number of hydrogen-bond acceptors (Lipinski definition) is 6. The fraction of sp³-hybridized carbons (Fsp3) is 0.0769. The zero-order valence-electron chi connectivity index (χ0n) is 10.1. The number of nitriles is 2. The normalized spacial score (nSPS) is 9.21. The molecule has 0 fully saturated rings. The number of aromatic nitrogens is 2. The van der Waals surface area contributed by atoms with Crippen LogP contribution in [0.1, 0.15) is 5.89 Å². The highest BCUT2D eigenvalue weighted by Crippen LogP contribution is 2.20. The summed E-state index contributed by atoms with van der Waals surface area (Å²) in [4.78, 5) is 0. The standard InChI is InChI=1S/C13H9N5O/c1-9-17-18-13(19-9)11-2-4-12(5-3-11)16-8-10(6-14)7-15/h2-5,8,16H,1H3. The van der Waals surface area contributed by atoms with E-state index in [9.17, 15) is 0 Å². The first-order valence-corrected chi connectivity index (χ1v) is 5.40. The van der Waals surface area contributed by atoms with Gasteiger partial charge in [0.15, 0.2) is 0 Å². The summed E-state index contributed by atoms with van der Waals surface area (Å²) in [6.45, 7) is 1.72. The second kappa shape index (κ2) is 5.48. The number of nitrogens with one attached hydrogen (secondary N) is 1. The maximum Gasteiger partial charge on any atom is 0.247 e. The lowest BCUT2D eigenvalue weighted by atomic mass is 10.2. The van der Waals surface area contributed by atoms with Crippen molar-refractivity contribution in [3.8, 4) is 23.6 Å². The molecular weight excluding hydrogens is 242 g/mol. The number of rotatable bonds is 3. The van der Waals surface area contributed by atoms with E-state index in [1.165, 1.54) is 6.20 Å². The van der Waals surface area contributed by atoms with Gasteiger partial charge in [-0.15, -0.1) is 10.2 Å². The molecule has 6 nitrogen and oxygen atoms in total. The Morgan fingerprint density at radius 3 is 2.42 bits per heavy atom. The van der Waals surface area contributed by atoms with Gasteiger partial charge >= 0.3 is 0 Å². The van der Waals surface area contributed by atoms with Crippen molar-refractivity contribution in [2.24, 2.45) is 0 Å². The van der Waals surface area contributed by atoms with Crippen LogP contribution in [0.3, 0.4) is 0 Å². The van der Waals surface area contributed by atoms with Crippen LogP contribution in [0.2, 0.25) is 0 Å². The highest BCUT2D eigenvalue weighted by molar-refractivity contribution is 5.59. The van der Waals surface area contributed by atoms with Crippen LogP contribution >= 0.6 is 0 Å². The molecular formula is C13H9N5O. The Morgan fingerprint density at radius 2 is 1.89 bits per heavy atom. The summed E-state index contributed by atoms with van der Waals surface area (Å²) in [7, 11) is 0. The van der Waals surface area contributed by atoms with Crippen molar-refractivity contribution in [2.45, 2.75) is 6.92 Å². The molecule has 1 N–H and O–H groups in total. The Balaban J connectivity index is 2.14. The van der Waals surface area contributed by atoms with E-state index in [0.29, 0.717) is 11.8 Å². The number of anilines is 1. The number of hydrogen-bond donors (Lipinski definition) is 1. The van der Waals surface area contributed by atoms with E-state index in [2.05, 4.69) is 15.5 Å². The smallest absolute Gasteiger partial charge is 0.247 e. The van der Waals surface area contributed by atoms with Gasteiger partial charge in [-0.05, 0) is 24.3 Å². The molecule has 0 aliphatic carbocycles. The van der Waals surface area contributed by atoms with Crippen LogP contribution in [0.15, 0.2) is 40.5 Å². The Hall–Kier alpha value is -3.12.